The molecule has 1 heterocycles. The van der Waals surface area contributed by atoms with Gasteiger partial charge in [-0.05, 0) is 23.6 Å². The molecule has 0 aliphatic rings. The summed E-state index contributed by atoms with van der Waals surface area (Å²) < 4.78 is 0. The van der Waals surface area contributed by atoms with E-state index in [0.717, 1.165) is 5.56 Å². The number of hydrogen-bond acceptors (Lipinski definition) is 2. The van der Waals surface area contributed by atoms with Gasteiger partial charge < -0.3 is 9.97 Å². The number of benzene rings is 1. The Balaban J connectivity index is 2.62. The third-order valence-electron chi connectivity index (χ3n) is 2.65. The van der Waals surface area contributed by atoms with Crippen molar-refractivity contribution in [1.82, 2.24) is 9.97 Å². The second-order valence-electron chi connectivity index (χ2n) is 4.36. The van der Waals surface area contributed by atoms with Crippen molar-refractivity contribution in [2.24, 2.45) is 5.92 Å². The van der Waals surface area contributed by atoms with Crippen molar-refractivity contribution < 1.29 is 0 Å². The summed E-state index contributed by atoms with van der Waals surface area (Å²) in [6.07, 6.45) is 0. The lowest BCUT2D eigenvalue weighted by Crippen LogP contribution is -2.28. The van der Waals surface area contributed by atoms with Crippen LogP contribution in [0.3, 0.4) is 0 Å². The summed E-state index contributed by atoms with van der Waals surface area (Å²) in [5, 5.41) is -0.116. The molecule has 2 aromatic rings. The van der Waals surface area contributed by atoms with Gasteiger partial charge in [0.2, 0.25) is 0 Å². The minimum Gasteiger partial charge on any atom is -0.316 e. The third kappa shape index (κ3) is 2.26. The Labute approximate surface area is 103 Å². The van der Waals surface area contributed by atoms with Gasteiger partial charge in [0.1, 0.15) is 0 Å². The molecule has 1 atom stereocenters. The second kappa shape index (κ2) is 4.37. The number of aromatic amines is 2. The summed E-state index contributed by atoms with van der Waals surface area (Å²) >= 11 is 6.25. The maximum atomic E-state index is 11.2. The first-order valence-corrected chi connectivity index (χ1v) is 5.83. The fraction of sp³-hybridized carbons (Fsp3) is 0.333. The van der Waals surface area contributed by atoms with Gasteiger partial charge in [-0.25, -0.2) is 0 Å². The smallest absolute Gasteiger partial charge is 0.314 e. The highest BCUT2D eigenvalue weighted by molar-refractivity contribution is 6.21. The number of rotatable bonds is 2. The highest BCUT2D eigenvalue weighted by Crippen LogP contribution is 2.29. The lowest BCUT2D eigenvalue weighted by molar-refractivity contribution is 0.624. The van der Waals surface area contributed by atoms with Crippen molar-refractivity contribution in [3.8, 4) is 0 Å². The van der Waals surface area contributed by atoms with E-state index in [1.807, 2.05) is 19.9 Å². The van der Waals surface area contributed by atoms with Gasteiger partial charge in [-0.15, -0.1) is 11.6 Å². The summed E-state index contributed by atoms with van der Waals surface area (Å²) in [4.78, 5) is 27.4. The normalized spacial score (nSPS) is 13.2. The zero-order chi connectivity index (χ0) is 12.6. The van der Waals surface area contributed by atoms with Gasteiger partial charge in [0.05, 0.1) is 16.4 Å². The summed E-state index contributed by atoms with van der Waals surface area (Å²) in [5.41, 5.74) is 0.836. The molecule has 0 saturated carbocycles. The second-order valence-corrected chi connectivity index (χ2v) is 4.83. The number of fused-ring (bicyclic) bond motifs is 1. The molecule has 2 N–H and O–H groups in total. The quantitative estimate of drug-likeness (QED) is 0.635. The number of halogens is 1. The van der Waals surface area contributed by atoms with Crippen LogP contribution in [0.1, 0.15) is 24.8 Å². The predicted molar refractivity (Wildman–Crippen MR) is 68.6 cm³/mol. The molecule has 1 unspecified atom stereocenters. The van der Waals surface area contributed by atoms with E-state index in [-0.39, 0.29) is 5.38 Å². The van der Waals surface area contributed by atoms with E-state index in [0.29, 0.717) is 17.0 Å². The molecule has 1 aromatic heterocycles. The molecule has 4 nitrogen and oxygen atoms in total. The molecule has 0 saturated heterocycles. The van der Waals surface area contributed by atoms with Gasteiger partial charge in [-0.1, -0.05) is 19.9 Å². The van der Waals surface area contributed by atoms with E-state index < -0.39 is 11.1 Å². The van der Waals surface area contributed by atoms with Crippen LogP contribution in [-0.4, -0.2) is 9.97 Å². The van der Waals surface area contributed by atoms with E-state index in [2.05, 4.69) is 9.97 Å². The molecule has 0 radical (unpaired) electrons. The van der Waals surface area contributed by atoms with E-state index in [1.54, 1.807) is 12.1 Å². The average Bonchev–Trinajstić information content (AvgIpc) is 2.29. The monoisotopic (exact) mass is 252 g/mol. The van der Waals surface area contributed by atoms with Gasteiger partial charge in [0.15, 0.2) is 0 Å². The molecule has 17 heavy (non-hydrogen) atoms. The van der Waals surface area contributed by atoms with Crippen molar-refractivity contribution in [1.29, 1.82) is 0 Å². The zero-order valence-electron chi connectivity index (χ0n) is 9.58. The van der Waals surface area contributed by atoms with Crippen LogP contribution in [0.5, 0.6) is 0 Å². The molecular formula is C12H13ClN2O2. The van der Waals surface area contributed by atoms with Crippen LogP contribution in [0.15, 0.2) is 27.8 Å². The zero-order valence-corrected chi connectivity index (χ0v) is 10.3. The van der Waals surface area contributed by atoms with Crippen molar-refractivity contribution >= 4 is 22.6 Å². The fourth-order valence-corrected chi connectivity index (χ4v) is 1.82. The minimum absolute atomic E-state index is 0.116. The molecule has 0 spiro atoms. The Morgan fingerprint density at radius 1 is 1.06 bits per heavy atom. The number of hydrogen-bond donors (Lipinski definition) is 2. The topological polar surface area (TPSA) is 65.7 Å². The molecule has 2 rings (SSSR count). The summed E-state index contributed by atoms with van der Waals surface area (Å²) in [5.74, 6) is 0.295. The van der Waals surface area contributed by atoms with E-state index >= 15 is 0 Å². The molecule has 5 heteroatoms. The SMILES string of the molecule is CC(C)C(Cl)c1ccc2[nH]c(=O)c(=O)[nH]c2c1. The van der Waals surface area contributed by atoms with Gasteiger partial charge in [-0.2, -0.15) is 0 Å². The van der Waals surface area contributed by atoms with Crippen molar-refractivity contribution in [3.05, 3.63) is 44.5 Å². The molecule has 0 amide bonds. The molecule has 90 valence electrons. The third-order valence-corrected chi connectivity index (χ3v) is 3.41. The first kappa shape index (κ1) is 11.9. The van der Waals surface area contributed by atoms with Gasteiger partial charge >= 0.3 is 11.1 Å². The number of nitrogens with one attached hydrogen (secondary N) is 2. The first-order valence-electron chi connectivity index (χ1n) is 5.39. The van der Waals surface area contributed by atoms with Crippen LogP contribution < -0.4 is 11.1 Å². The molecule has 0 aliphatic carbocycles. The van der Waals surface area contributed by atoms with Crippen LogP contribution in [0.2, 0.25) is 0 Å². The average molecular weight is 253 g/mol. The predicted octanol–water partition coefficient (Wildman–Crippen LogP) is 2.15. The van der Waals surface area contributed by atoms with Crippen LogP contribution in [0.25, 0.3) is 11.0 Å². The Bertz CT molecular complexity index is 657. The Morgan fingerprint density at radius 3 is 2.24 bits per heavy atom. The standard InChI is InChI=1S/C12H13ClN2O2/c1-6(2)10(13)7-3-4-8-9(5-7)15-12(17)11(16)14-8/h3-6,10H,1-2H3,(H,14,16)(H,15,17). The Hall–Kier alpha value is -1.55. The lowest BCUT2D eigenvalue weighted by atomic mass is 10.0. The molecule has 0 fully saturated rings. The van der Waals surface area contributed by atoms with E-state index in [4.69, 9.17) is 11.6 Å². The summed E-state index contributed by atoms with van der Waals surface area (Å²) in [7, 11) is 0. The maximum Gasteiger partial charge on any atom is 0.314 e. The van der Waals surface area contributed by atoms with E-state index in [1.165, 1.54) is 0 Å². The Morgan fingerprint density at radius 2 is 1.65 bits per heavy atom. The largest absolute Gasteiger partial charge is 0.316 e. The van der Waals surface area contributed by atoms with Crippen LogP contribution in [-0.2, 0) is 0 Å². The van der Waals surface area contributed by atoms with Crippen LogP contribution >= 0.6 is 11.6 Å². The van der Waals surface area contributed by atoms with Crippen LogP contribution in [0, 0.1) is 5.92 Å². The maximum absolute atomic E-state index is 11.2. The molecule has 0 bridgehead atoms. The number of H-pyrrole nitrogens is 2. The highest BCUT2D eigenvalue weighted by atomic mass is 35.5. The van der Waals surface area contributed by atoms with Gasteiger partial charge in [-0.3, -0.25) is 9.59 Å². The summed E-state index contributed by atoms with van der Waals surface area (Å²) in [6.45, 7) is 4.05. The molecular weight excluding hydrogens is 240 g/mol. The highest BCUT2D eigenvalue weighted by Gasteiger charge is 2.13. The first-order chi connectivity index (χ1) is 7.99. The lowest BCUT2D eigenvalue weighted by Gasteiger charge is -2.13. The van der Waals surface area contributed by atoms with Crippen molar-refractivity contribution in [3.63, 3.8) is 0 Å². The Kier molecular flexibility index (Phi) is 3.07. The van der Waals surface area contributed by atoms with Gasteiger partial charge in [0.25, 0.3) is 0 Å². The van der Waals surface area contributed by atoms with Gasteiger partial charge in [0, 0.05) is 0 Å². The van der Waals surface area contributed by atoms with E-state index in [9.17, 15) is 9.59 Å². The molecule has 1 aromatic carbocycles. The summed E-state index contributed by atoms with van der Waals surface area (Å²) in [6, 6.07) is 5.40. The number of alkyl halides is 1. The van der Waals surface area contributed by atoms with Crippen molar-refractivity contribution in [2.45, 2.75) is 19.2 Å². The minimum atomic E-state index is -0.648. The fourth-order valence-electron chi connectivity index (χ4n) is 1.69. The van der Waals surface area contributed by atoms with Crippen molar-refractivity contribution in [2.75, 3.05) is 0 Å². The molecule has 0 aliphatic heterocycles. The van der Waals surface area contributed by atoms with Crippen LogP contribution in [0.4, 0.5) is 0 Å². The number of aromatic nitrogens is 2.